The normalized spacial score (nSPS) is 16.5. The summed E-state index contributed by atoms with van der Waals surface area (Å²) in [6.45, 7) is 3.37. The zero-order valence-corrected chi connectivity index (χ0v) is 15.2. The summed E-state index contributed by atoms with van der Waals surface area (Å²) < 4.78 is 0. The molecule has 2 aromatic rings. The highest BCUT2D eigenvalue weighted by Crippen LogP contribution is 2.18. The lowest BCUT2D eigenvalue weighted by Gasteiger charge is -2.21. The molecule has 0 radical (unpaired) electrons. The van der Waals surface area contributed by atoms with Crippen LogP contribution in [0.5, 0.6) is 0 Å². The number of ketones is 1. The van der Waals surface area contributed by atoms with E-state index in [9.17, 15) is 15.0 Å². The Morgan fingerprint density at radius 1 is 0.731 bits per heavy atom. The molecule has 4 atom stereocenters. The van der Waals surface area contributed by atoms with Gasteiger partial charge in [0.05, 0.1) is 12.2 Å². The molecule has 0 saturated heterocycles. The van der Waals surface area contributed by atoms with Gasteiger partial charge in [-0.05, 0) is 11.1 Å². The molecule has 26 heavy (non-hydrogen) atoms. The fourth-order valence-electron chi connectivity index (χ4n) is 2.63. The Balaban J connectivity index is 1.95. The average Bonchev–Trinajstić information content (AvgIpc) is 2.70. The highest BCUT2D eigenvalue weighted by Gasteiger charge is 2.28. The van der Waals surface area contributed by atoms with Gasteiger partial charge in [0.1, 0.15) is 5.78 Å². The first-order chi connectivity index (χ1) is 12.5. The van der Waals surface area contributed by atoms with Crippen molar-refractivity contribution in [3.63, 3.8) is 0 Å². The molecule has 0 amide bonds. The zero-order valence-electron chi connectivity index (χ0n) is 15.2. The third-order valence-corrected chi connectivity index (χ3v) is 4.49. The average molecular weight is 350 g/mol. The first-order valence-electron chi connectivity index (χ1n) is 8.85. The first kappa shape index (κ1) is 19.8. The lowest BCUT2D eigenvalue weighted by Crippen LogP contribution is -2.33. The fraction of sp³-hybridized carbons (Fsp3) is 0.261. The van der Waals surface area contributed by atoms with Crippen LogP contribution in [0.4, 0.5) is 0 Å². The van der Waals surface area contributed by atoms with Crippen LogP contribution in [0.15, 0.2) is 72.8 Å². The largest absolute Gasteiger partial charge is 0.388 e. The van der Waals surface area contributed by atoms with Gasteiger partial charge in [-0.25, -0.2) is 0 Å². The standard InChI is InChI=1S/C23H26O3/c1-17(21(24)15-13-19-9-5-3-6-10-19)23(26)18(2)22(25)16-14-20-11-7-4-8-12-20/h3-18,21-22,24-25H,1-2H3/b15-13+,16-14+/t17-,18-,21-,22-/m1/s1. The number of aliphatic hydroxyl groups excluding tert-OH is 2. The van der Waals surface area contributed by atoms with Crippen molar-refractivity contribution in [2.45, 2.75) is 26.1 Å². The summed E-state index contributed by atoms with van der Waals surface area (Å²) in [5.74, 6) is -1.35. The highest BCUT2D eigenvalue weighted by molar-refractivity contribution is 5.84. The van der Waals surface area contributed by atoms with Crippen LogP contribution in [-0.4, -0.2) is 28.2 Å². The lowest BCUT2D eigenvalue weighted by molar-refractivity contribution is -0.130. The van der Waals surface area contributed by atoms with E-state index < -0.39 is 24.0 Å². The molecule has 0 fully saturated rings. The molecule has 3 nitrogen and oxygen atoms in total. The Hall–Kier alpha value is -2.49. The van der Waals surface area contributed by atoms with Crippen molar-refractivity contribution in [1.29, 1.82) is 0 Å². The van der Waals surface area contributed by atoms with E-state index in [-0.39, 0.29) is 5.78 Å². The minimum Gasteiger partial charge on any atom is -0.388 e. The maximum atomic E-state index is 12.6. The van der Waals surface area contributed by atoms with E-state index in [1.165, 1.54) is 0 Å². The number of rotatable bonds is 8. The van der Waals surface area contributed by atoms with E-state index in [0.29, 0.717) is 0 Å². The van der Waals surface area contributed by atoms with Gasteiger partial charge in [0.15, 0.2) is 0 Å². The Kier molecular flexibility index (Phi) is 7.52. The molecule has 0 unspecified atom stereocenters. The van der Waals surface area contributed by atoms with E-state index in [1.54, 1.807) is 38.2 Å². The van der Waals surface area contributed by atoms with Crippen molar-refractivity contribution >= 4 is 17.9 Å². The number of carbonyl (C=O) groups excluding carboxylic acids is 1. The van der Waals surface area contributed by atoms with E-state index in [4.69, 9.17) is 0 Å². The summed E-state index contributed by atoms with van der Waals surface area (Å²) in [4.78, 5) is 12.6. The van der Waals surface area contributed by atoms with Crippen LogP contribution in [0.3, 0.4) is 0 Å². The summed E-state index contributed by atoms with van der Waals surface area (Å²) in [6, 6.07) is 19.2. The zero-order chi connectivity index (χ0) is 18.9. The van der Waals surface area contributed by atoms with Gasteiger partial charge >= 0.3 is 0 Å². The molecule has 2 aromatic carbocycles. The maximum Gasteiger partial charge on any atom is 0.144 e. The molecule has 0 saturated carbocycles. The fourth-order valence-corrected chi connectivity index (χ4v) is 2.63. The third-order valence-electron chi connectivity index (χ3n) is 4.49. The molecule has 0 spiro atoms. The van der Waals surface area contributed by atoms with Crippen LogP contribution in [-0.2, 0) is 4.79 Å². The molecule has 0 aliphatic rings. The van der Waals surface area contributed by atoms with Crippen molar-refractivity contribution in [2.24, 2.45) is 11.8 Å². The predicted octanol–water partition coefficient (Wildman–Crippen LogP) is 3.98. The second-order valence-corrected chi connectivity index (χ2v) is 6.50. The van der Waals surface area contributed by atoms with Crippen molar-refractivity contribution in [3.05, 3.63) is 83.9 Å². The van der Waals surface area contributed by atoms with Crippen LogP contribution in [0.1, 0.15) is 25.0 Å². The number of hydrogen-bond donors (Lipinski definition) is 2. The number of hydrogen-bond acceptors (Lipinski definition) is 3. The molecule has 0 heterocycles. The first-order valence-corrected chi connectivity index (χ1v) is 8.85. The molecular formula is C23H26O3. The molecule has 3 heteroatoms. The smallest absolute Gasteiger partial charge is 0.144 e. The van der Waals surface area contributed by atoms with Crippen molar-refractivity contribution in [1.82, 2.24) is 0 Å². The minimum absolute atomic E-state index is 0.166. The van der Waals surface area contributed by atoms with Crippen LogP contribution in [0.25, 0.3) is 12.2 Å². The Morgan fingerprint density at radius 2 is 1.08 bits per heavy atom. The third kappa shape index (κ3) is 5.80. The number of benzene rings is 2. The minimum atomic E-state index is -0.893. The highest BCUT2D eigenvalue weighted by atomic mass is 16.3. The molecule has 136 valence electrons. The molecule has 0 bridgehead atoms. The molecular weight excluding hydrogens is 324 g/mol. The summed E-state index contributed by atoms with van der Waals surface area (Å²) in [7, 11) is 0. The van der Waals surface area contributed by atoms with Gasteiger partial charge in [0.2, 0.25) is 0 Å². The van der Waals surface area contributed by atoms with Gasteiger partial charge in [-0.3, -0.25) is 4.79 Å². The van der Waals surface area contributed by atoms with E-state index in [1.807, 2.05) is 60.7 Å². The number of carbonyl (C=O) groups is 1. The van der Waals surface area contributed by atoms with Gasteiger partial charge in [-0.15, -0.1) is 0 Å². The van der Waals surface area contributed by atoms with Crippen LogP contribution in [0.2, 0.25) is 0 Å². The molecule has 0 aliphatic carbocycles. The van der Waals surface area contributed by atoms with Crippen molar-refractivity contribution in [3.8, 4) is 0 Å². The quantitative estimate of drug-likeness (QED) is 0.757. The summed E-state index contributed by atoms with van der Waals surface area (Å²) in [5.41, 5.74) is 1.93. The Bertz CT molecular complexity index is 671. The summed E-state index contributed by atoms with van der Waals surface area (Å²) >= 11 is 0. The lowest BCUT2D eigenvalue weighted by atomic mass is 9.87. The molecule has 2 rings (SSSR count). The van der Waals surface area contributed by atoms with Crippen LogP contribution in [0, 0.1) is 11.8 Å². The number of aliphatic hydroxyl groups is 2. The van der Waals surface area contributed by atoms with Crippen LogP contribution >= 0.6 is 0 Å². The number of Topliss-reactive ketones (excluding diaryl/α,β-unsaturated/α-hetero) is 1. The molecule has 2 N–H and O–H groups in total. The second-order valence-electron chi connectivity index (χ2n) is 6.50. The van der Waals surface area contributed by atoms with Crippen molar-refractivity contribution in [2.75, 3.05) is 0 Å². The SMILES string of the molecule is C[C@@H](C(=O)[C@H](C)[C@H](O)/C=C/c1ccccc1)[C@H](O)/C=C/c1ccccc1. The monoisotopic (exact) mass is 350 g/mol. The van der Waals surface area contributed by atoms with Gasteiger partial charge in [-0.1, -0.05) is 98.8 Å². The molecule has 0 aromatic heterocycles. The Morgan fingerprint density at radius 3 is 1.42 bits per heavy atom. The molecule has 0 aliphatic heterocycles. The van der Waals surface area contributed by atoms with Crippen molar-refractivity contribution < 1.29 is 15.0 Å². The van der Waals surface area contributed by atoms with E-state index >= 15 is 0 Å². The van der Waals surface area contributed by atoms with Gasteiger partial charge in [-0.2, -0.15) is 0 Å². The second kappa shape index (κ2) is 9.85. The van der Waals surface area contributed by atoms with Crippen LogP contribution < -0.4 is 0 Å². The predicted molar refractivity (Wildman–Crippen MR) is 106 cm³/mol. The van der Waals surface area contributed by atoms with E-state index in [0.717, 1.165) is 11.1 Å². The maximum absolute atomic E-state index is 12.6. The van der Waals surface area contributed by atoms with Gasteiger partial charge in [0.25, 0.3) is 0 Å². The summed E-state index contributed by atoms with van der Waals surface area (Å²) in [5, 5.41) is 20.6. The van der Waals surface area contributed by atoms with Gasteiger partial charge in [0, 0.05) is 11.8 Å². The topological polar surface area (TPSA) is 57.5 Å². The Labute approximate surface area is 155 Å². The summed E-state index contributed by atoms with van der Waals surface area (Å²) in [6.07, 6.45) is 5.05. The van der Waals surface area contributed by atoms with Gasteiger partial charge < -0.3 is 10.2 Å². The van der Waals surface area contributed by atoms with E-state index in [2.05, 4.69) is 0 Å².